The zero-order valence-electron chi connectivity index (χ0n) is 9.10. The third kappa shape index (κ3) is 3.13. The Morgan fingerprint density at radius 3 is 2.88 bits per heavy atom. The standard InChI is InChI=1S/C11H15NO4/c1-15-11(14)9-7-8(12)3-4-10(9)16-6-2-5-13/h3-4,7,13H,2,5-6,12H2,1H3. The van der Waals surface area contributed by atoms with Gasteiger partial charge < -0.3 is 20.3 Å². The second kappa shape index (κ2) is 5.97. The van der Waals surface area contributed by atoms with E-state index < -0.39 is 5.97 Å². The molecule has 0 aliphatic heterocycles. The zero-order valence-corrected chi connectivity index (χ0v) is 9.10. The van der Waals surface area contributed by atoms with Gasteiger partial charge in [-0.2, -0.15) is 0 Å². The average Bonchev–Trinajstić information content (AvgIpc) is 2.30. The smallest absolute Gasteiger partial charge is 0.341 e. The Hall–Kier alpha value is -1.75. The monoisotopic (exact) mass is 225 g/mol. The fourth-order valence-electron chi connectivity index (χ4n) is 1.19. The molecule has 3 N–H and O–H groups in total. The van der Waals surface area contributed by atoms with Crippen molar-refractivity contribution < 1.29 is 19.4 Å². The molecule has 16 heavy (non-hydrogen) atoms. The van der Waals surface area contributed by atoms with Gasteiger partial charge in [0.05, 0.1) is 13.7 Å². The van der Waals surface area contributed by atoms with Crippen molar-refractivity contribution in [3.63, 3.8) is 0 Å². The number of ether oxygens (including phenoxy) is 2. The van der Waals surface area contributed by atoms with Crippen LogP contribution >= 0.6 is 0 Å². The van der Waals surface area contributed by atoms with Gasteiger partial charge in [-0.25, -0.2) is 4.79 Å². The molecular formula is C11H15NO4. The molecule has 1 aromatic carbocycles. The maximum absolute atomic E-state index is 11.4. The van der Waals surface area contributed by atoms with Crippen LogP contribution < -0.4 is 10.5 Å². The Kier molecular flexibility index (Phi) is 4.60. The van der Waals surface area contributed by atoms with Crippen molar-refractivity contribution in [2.45, 2.75) is 6.42 Å². The first-order chi connectivity index (χ1) is 7.69. The topological polar surface area (TPSA) is 81.8 Å². The normalized spacial score (nSPS) is 9.88. The lowest BCUT2D eigenvalue weighted by Gasteiger charge is -2.10. The quantitative estimate of drug-likeness (QED) is 0.440. The Balaban J connectivity index is 2.85. The molecule has 0 aliphatic rings. The van der Waals surface area contributed by atoms with E-state index in [1.54, 1.807) is 12.1 Å². The summed E-state index contributed by atoms with van der Waals surface area (Å²) in [5.41, 5.74) is 6.33. The van der Waals surface area contributed by atoms with Gasteiger partial charge in [-0.3, -0.25) is 0 Å². The zero-order chi connectivity index (χ0) is 12.0. The summed E-state index contributed by atoms with van der Waals surface area (Å²) in [6.45, 7) is 0.382. The maximum Gasteiger partial charge on any atom is 0.341 e. The van der Waals surface area contributed by atoms with Gasteiger partial charge in [0.25, 0.3) is 0 Å². The van der Waals surface area contributed by atoms with Crippen LogP contribution in [0.15, 0.2) is 18.2 Å². The van der Waals surface area contributed by atoms with Crippen LogP contribution in [0.5, 0.6) is 5.75 Å². The van der Waals surface area contributed by atoms with E-state index in [1.165, 1.54) is 13.2 Å². The summed E-state index contributed by atoms with van der Waals surface area (Å²) in [6, 6.07) is 4.75. The van der Waals surface area contributed by atoms with Crippen LogP contribution in [0.1, 0.15) is 16.8 Å². The largest absolute Gasteiger partial charge is 0.493 e. The lowest BCUT2D eigenvalue weighted by Crippen LogP contribution is -2.08. The highest BCUT2D eigenvalue weighted by Crippen LogP contribution is 2.22. The van der Waals surface area contributed by atoms with Crippen LogP contribution in [0, 0.1) is 0 Å². The first-order valence-corrected chi connectivity index (χ1v) is 4.90. The maximum atomic E-state index is 11.4. The van der Waals surface area contributed by atoms with E-state index in [1.807, 2.05) is 0 Å². The Morgan fingerprint density at radius 1 is 1.50 bits per heavy atom. The van der Waals surface area contributed by atoms with E-state index in [9.17, 15) is 4.79 Å². The third-order valence-corrected chi connectivity index (χ3v) is 1.97. The van der Waals surface area contributed by atoms with Crippen molar-refractivity contribution in [3.8, 4) is 5.75 Å². The van der Waals surface area contributed by atoms with Crippen LogP contribution in [0.25, 0.3) is 0 Å². The summed E-state index contributed by atoms with van der Waals surface area (Å²) in [7, 11) is 1.29. The van der Waals surface area contributed by atoms with Gasteiger partial charge in [0.1, 0.15) is 11.3 Å². The highest BCUT2D eigenvalue weighted by Gasteiger charge is 2.13. The van der Waals surface area contributed by atoms with Crippen LogP contribution in [-0.2, 0) is 4.74 Å². The van der Waals surface area contributed by atoms with Crippen LogP contribution in [-0.4, -0.2) is 31.4 Å². The van der Waals surface area contributed by atoms with Crippen molar-refractivity contribution >= 4 is 11.7 Å². The molecule has 0 amide bonds. The van der Waals surface area contributed by atoms with Crippen molar-refractivity contribution in [1.82, 2.24) is 0 Å². The van der Waals surface area contributed by atoms with Gasteiger partial charge in [0.2, 0.25) is 0 Å². The number of hydrogen-bond acceptors (Lipinski definition) is 5. The van der Waals surface area contributed by atoms with Crippen molar-refractivity contribution in [2.24, 2.45) is 0 Å². The van der Waals surface area contributed by atoms with Crippen molar-refractivity contribution in [3.05, 3.63) is 23.8 Å². The molecule has 0 radical (unpaired) electrons. The fourth-order valence-corrected chi connectivity index (χ4v) is 1.19. The van der Waals surface area contributed by atoms with Gasteiger partial charge in [0, 0.05) is 18.7 Å². The molecule has 0 aliphatic carbocycles. The third-order valence-electron chi connectivity index (χ3n) is 1.97. The number of aliphatic hydroxyl groups excluding tert-OH is 1. The predicted molar refractivity (Wildman–Crippen MR) is 59.4 cm³/mol. The molecule has 0 spiro atoms. The lowest BCUT2D eigenvalue weighted by atomic mass is 10.2. The lowest BCUT2D eigenvalue weighted by molar-refractivity contribution is 0.0596. The van der Waals surface area contributed by atoms with Crippen LogP contribution in [0.4, 0.5) is 5.69 Å². The fraction of sp³-hybridized carbons (Fsp3) is 0.364. The number of hydrogen-bond donors (Lipinski definition) is 2. The van der Waals surface area contributed by atoms with E-state index in [0.29, 0.717) is 30.0 Å². The average molecular weight is 225 g/mol. The molecule has 0 bridgehead atoms. The number of nitrogen functional groups attached to an aromatic ring is 1. The molecule has 1 rings (SSSR count). The summed E-state index contributed by atoms with van der Waals surface area (Å²) in [5.74, 6) is -0.0826. The van der Waals surface area contributed by atoms with E-state index in [4.69, 9.17) is 15.6 Å². The summed E-state index contributed by atoms with van der Waals surface area (Å²) in [4.78, 5) is 11.4. The first-order valence-electron chi connectivity index (χ1n) is 4.90. The van der Waals surface area contributed by atoms with Crippen LogP contribution in [0.3, 0.4) is 0 Å². The van der Waals surface area contributed by atoms with Gasteiger partial charge in [-0.15, -0.1) is 0 Å². The molecule has 5 heteroatoms. The number of nitrogens with two attached hydrogens (primary N) is 1. The molecule has 1 aromatic rings. The molecule has 5 nitrogen and oxygen atoms in total. The minimum atomic E-state index is -0.494. The van der Waals surface area contributed by atoms with Gasteiger partial charge in [-0.1, -0.05) is 0 Å². The second-order valence-corrected chi connectivity index (χ2v) is 3.17. The molecule has 0 saturated heterocycles. The predicted octanol–water partition coefficient (Wildman–Crippen LogP) is 0.817. The van der Waals surface area contributed by atoms with E-state index in [-0.39, 0.29) is 6.61 Å². The molecular weight excluding hydrogens is 210 g/mol. The van der Waals surface area contributed by atoms with Gasteiger partial charge >= 0.3 is 5.97 Å². The molecule has 0 unspecified atom stereocenters. The number of carbonyl (C=O) groups is 1. The molecule has 0 atom stereocenters. The number of aliphatic hydroxyl groups is 1. The number of rotatable bonds is 5. The van der Waals surface area contributed by atoms with Gasteiger partial charge in [0.15, 0.2) is 0 Å². The van der Waals surface area contributed by atoms with E-state index in [2.05, 4.69) is 4.74 Å². The second-order valence-electron chi connectivity index (χ2n) is 3.17. The van der Waals surface area contributed by atoms with Crippen molar-refractivity contribution in [2.75, 3.05) is 26.1 Å². The highest BCUT2D eigenvalue weighted by atomic mass is 16.5. The number of benzene rings is 1. The summed E-state index contributed by atoms with van der Waals surface area (Å²) in [5, 5.41) is 8.62. The van der Waals surface area contributed by atoms with E-state index in [0.717, 1.165) is 0 Å². The molecule has 0 saturated carbocycles. The summed E-state index contributed by atoms with van der Waals surface area (Å²) < 4.78 is 9.95. The summed E-state index contributed by atoms with van der Waals surface area (Å²) >= 11 is 0. The number of methoxy groups -OCH3 is 1. The number of carbonyl (C=O) groups excluding carboxylic acids is 1. The SMILES string of the molecule is COC(=O)c1cc(N)ccc1OCCCO. The van der Waals surface area contributed by atoms with E-state index >= 15 is 0 Å². The molecule has 0 aromatic heterocycles. The Morgan fingerprint density at radius 2 is 2.25 bits per heavy atom. The summed E-state index contributed by atoms with van der Waals surface area (Å²) in [6.07, 6.45) is 0.505. The minimum absolute atomic E-state index is 0.0442. The van der Waals surface area contributed by atoms with Crippen LogP contribution in [0.2, 0.25) is 0 Å². The molecule has 0 heterocycles. The Bertz CT molecular complexity index is 365. The minimum Gasteiger partial charge on any atom is -0.493 e. The molecule has 88 valence electrons. The first kappa shape index (κ1) is 12.3. The van der Waals surface area contributed by atoms with Crippen molar-refractivity contribution in [1.29, 1.82) is 0 Å². The Labute approximate surface area is 93.8 Å². The van der Waals surface area contributed by atoms with Gasteiger partial charge in [-0.05, 0) is 18.2 Å². The number of anilines is 1. The molecule has 0 fully saturated rings. The highest BCUT2D eigenvalue weighted by molar-refractivity contribution is 5.93. The number of esters is 1.